The van der Waals surface area contributed by atoms with Gasteiger partial charge in [0.2, 0.25) is 0 Å². The molecule has 0 N–H and O–H groups in total. The van der Waals surface area contributed by atoms with Gasteiger partial charge in [0.1, 0.15) is 23.0 Å². The van der Waals surface area contributed by atoms with Crippen LogP contribution in [0.1, 0.15) is 25.7 Å². The first-order valence-corrected chi connectivity index (χ1v) is 9.91. The smallest absolute Gasteiger partial charge is 0.122 e. The highest BCUT2D eigenvalue weighted by molar-refractivity contribution is 5.33. The van der Waals surface area contributed by atoms with E-state index in [1.54, 1.807) is 0 Å². The number of benzene rings is 2. The van der Waals surface area contributed by atoms with Crippen LogP contribution in [0.3, 0.4) is 0 Å². The van der Waals surface area contributed by atoms with Crippen molar-refractivity contribution in [2.45, 2.75) is 25.7 Å². The molecule has 1 aliphatic heterocycles. The van der Waals surface area contributed by atoms with Crippen LogP contribution in [0.25, 0.3) is 0 Å². The maximum atomic E-state index is 5.80. The molecule has 0 aromatic heterocycles. The molecule has 0 spiro atoms. The third-order valence-electron chi connectivity index (χ3n) is 4.16. The molecule has 1 aliphatic rings. The summed E-state index contributed by atoms with van der Waals surface area (Å²) in [5.41, 5.74) is 0. The van der Waals surface area contributed by atoms with Crippen LogP contribution in [0, 0.1) is 0 Å². The van der Waals surface area contributed by atoms with Gasteiger partial charge in [-0.05, 0) is 49.9 Å². The molecule has 0 fully saturated rings. The predicted molar refractivity (Wildman–Crippen MR) is 112 cm³/mol. The molecule has 0 atom stereocenters. The maximum Gasteiger partial charge on any atom is 0.122 e. The number of fused-ring (bicyclic) bond motifs is 4. The van der Waals surface area contributed by atoms with Gasteiger partial charge in [0, 0.05) is 12.1 Å². The van der Waals surface area contributed by atoms with Crippen LogP contribution in [-0.4, -0.2) is 26.4 Å². The Morgan fingerprint density at radius 1 is 0.429 bits per heavy atom. The van der Waals surface area contributed by atoms with Gasteiger partial charge in [-0.15, -0.1) is 0 Å². The Kier molecular flexibility index (Phi) is 8.34. The maximum absolute atomic E-state index is 5.80. The Morgan fingerprint density at radius 3 is 1.00 bits per heavy atom. The largest absolute Gasteiger partial charge is 0.493 e. The van der Waals surface area contributed by atoms with Crippen molar-refractivity contribution >= 4 is 0 Å². The van der Waals surface area contributed by atoms with Gasteiger partial charge in [0.05, 0.1) is 26.4 Å². The third kappa shape index (κ3) is 7.39. The first-order valence-electron chi connectivity index (χ1n) is 9.91. The average Bonchev–Trinajstić information content (AvgIpc) is 2.72. The summed E-state index contributed by atoms with van der Waals surface area (Å²) in [7, 11) is 0. The monoisotopic (exact) mass is 380 g/mol. The van der Waals surface area contributed by atoms with Crippen molar-refractivity contribution in [2.24, 2.45) is 0 Å². The summed E-state index contributed by atoms with van der Waals surface area (Å²) in [6.07, 6.45) is 11.9. The normalized spacial score (nSPS) is 18.6. The van der Waals surface area contributed by atoms with E-state index in [1.807, 2.05) is 48.5 Å². The Bertz CT molecular complexity index is 647. The highest BCUT2D eigenvalue weighted by Gasteiger charge is 1.99. The van der Waals surface area contributed by atoms with Gasteiger partial charge in [-0.25, -0.2) is 0 Å². The van der Waals surface area contributed by atoms with Crippen LogP contribution < -0.4 is 18.9 Å². The topological polar surface area (TPSA) is 36.9 Å². The Balaban J connectivity index is 1.56. The van der Waals surface area contributed by atoms with Crippen LogP contribution in [0.5, 0.6) is 23.0 Å². The second-order valence-electron chi connectivity index (χ2n) is 6.44. The summed E-state index contributed by atoms with van der Waals surface area (Å²) >= 11 is 0. The highest BCUT2D eigenvalue weighted by Crippen LogP contribution is 2.21. The quantitative estimate of drug-likeness (QED) is 0.559. The lowest BCUT2D eigenvalue weighted by atomic mass is 10.3. The SMILES string of the molecule is C1=C\CCOc2cccc(c2)OCC/C=C\CCOc2cccc(c2)OCC/1. The van der Waals surface area contributed by atoms with Crippen molar-refractivity contribution in [3.8, 4) is 23.0 Å². The van der Waals surface area contributed by atoms with Crippen LogP contribution in [0.2, 0.25) is 0 Å². The minimum absolute atomic E-state index is 0.642. The molecule has 0 radical (unpaired) electrons. The number of ether oxygens (including phenoxy) is 4. The van der Waals surface area contributed by atoms with Crippen molar-refractivity contribution in [2.75, 3.05) is 26.4 Å². The first kappa shape index (κ1) is 19.9. The predicted octanol–water partition coefficient (Wildman–Crippen LogP) is 5.59. The summed E-state index contributed by atoms with van der Waals surface area (Å²) in [4.78, 5) is 0. The molecule has 0 saturated heterocycles. The minimum atomic E-state index is 0.642. The zero-order chi connectivity index (χ0) is 19.3. The van der Waals surface area contributed by atoms with E-state index < -0.39 is 0 Å². The van der Waals surface area contributed by atoms with Crippen molar-refractivity contribution in [1.29, 1.82) is 0 Å². The molecule has 4 bridgehead atoms. The fraction of sp³-hybridized carbons (Fsp3) is 0.333. The Hall–Kier alpha value is -2.88. The second kappa shape index (κ2) is 11.8. The van der Waals surface area contributed by atoms with Crippen LogP contribution in [0.15, 0.2) is 72.8 Å². The average molecular weight is 380 g/mol. The van der Waals surface area contributed by atoms with Gasteiger partial charge >= 0.3 is 0 Å². The third-order valence-corrected chi connectivity index (χ3v) is 4.16. The molecule has 148 valence electrons. The van der Waals surface area contributed by atoms with E-state index in [0.29, 0.717) is 26.4 Å². The van der Waals surface area contributed by atoms with E-state index in [4.69, 9.17) is 18.9 Å². The van der Waals surface area contributed by atoms with Gasteiger partial charge in [-0.1, -0.05) is 36.4 Å². The van der Waals surface area contributed by atoms with E-state index in [0.717, 1.165) is 48.7 Å². The Labute approximate surface area is 167 Å². The fourth-order valence-corrected chi connectivity index (χ4v) is 2.76. The lowest BCUT2D eigenvalue weighted by molar-refractivity contribution is 0.304. The van der Waals surface area contributed by atoms with Gasteiger partial charge in [0.15, 0.2) is 0 Å². The standard InChI is InChI=1S/C24H28O4/c1-2-6-16-26-22-12-10-14-24(20-22)28-18-8-4-3-7-17-27-23-13-9-11-21(19-23)25-15-5-1/h1-4,9-14,19-20H,5-8,15-18H2/b2-1-,4-3-. The first-order chi connectivity index (χ1) is 13.9. The minimum Gasteiger partial charge on any atom is -0.493 e. The van der Waals surface area contributed by atoms with Crippen molar-refractivity contribution in [3.63, 3.8) is 0 Å². The van der Waals surface area contributed by atoms with Gasteiger partial charge < -0.3 is 18.9 Å². The van der Waals surface area contributed by atoms with Gasteiger partial charge in [-0.3, -0.25) is 0 Å². The zero-order valence-corrected chi connectivity index (χ0v) is 16.2. The van der Waals surface area contributed by atoms with Gasteiger partial charge in [0.25, 0.3) is 0 Å². The molecule has 28 heavy (non-hydrogen) atoms. The van der Waals surface area contributed by atoms with Crippen molar-refractivity contribution < 1.29 is 18.9 Å². The lowest BCUT2D eigenvalue weighted by Gasteiger charge is -2.09. The van der Waals surface area contributed by atoms with E-state index in [2.05, 4.69) is 24.3 Å². The van der Waals surface area contributed by atoms with Crippen molar-refractivity contribution in [3.05, 3.63) is 72.8 Å². The number of rotatable bonds is 0. The Morgan fingerprint density at radius 2 is 0.714 bits per heavy atom. The van der Waals surface area contributed by atoms with E-state index in [-0.39, 0.29) is 0 Å². The van der Waals surface area contributed by atoms with Crippen molar-refractivity contribution in [1.82, 2.24) is 0 Å². The summed E-state index contributed by atoms with van der Waals surface area (Å²) in [5, 5.41) is 0. The molecule has 0 amide bonds. The molecule has 1 heterocycles. The number of hydrogen-bond donors (Lipinski definition) is 0. The van der Waals surface area contributed by atoms with Crippen LogP contribution in [-0.2, 0) is 0 Å². The fourth-order valence-electron chi connectivity index (χ4n) is 2.76. The zero-order valence-electron chi connectivity index (χ0n) is 16.2. The highest BCUT2D eigenvalue weighted by atomic mass is 16.5. The molecule has 4 nitrogen and oxygen atoms in total. The molecule has 0 aliphatic carbocycles. The van der Waals surface area contributed by atoms with E-state index >= 15 is 0 Å². The van der Waals surface area contributed by atoms with E-state index in [9.17, 15) is 0 Å². The summed E-state index contributed by atoms with van der Waals surface area (Å²) in [5.74, 6) is 3.35. The molecular formula is C24H28O4. The summed E-state index contributed by atoms with van der Waals surface area (Å²) < 4.78 is 23.2. The van der Waals surface area contributed by atoms with E-state index in [1.165, 1.54) is 0 Å². The molecular weight excluding hydrogens is 352 g/mol. The lowest BCUT2D eigenvalue weighted by Crippen LogP contribution is -2.00. The molecule has 0 unspecified atom stereocenters. The molecule has 2 aromatic rings. The van der Waals surface area contributed by atoms with Gasteiger partial charge in [-0.2, -0.15) is 0 Å². The molecule has 3 rings (SSSR count). The van der Waals surface area contributed by atoms with Crippen LogP contribution in [0.4, 0.5) is 0 Å². The number of hydrogen-bond acceptors (Lipinski definition) is 4. The summed E-state index contributed by atoms with van der Waals surface area (Å²) in [6.45, 7) is 2.57. The molecule has 2 aromatic carbocycles. The second-order valence-corrected chi connectivity index (χ2v) is 6.44. The summed E-state index contributed by atoms with van der Waals surface area (Å²) in [6, 6.07) is 15.6. The van der Waals surface area contributed by atoms with Crippen LogP contribution >= 0.6 is 0 Å². The molecule has 0 saturated carbocycles. The molecule has 4 heteroatoms.